The Hall–Kier alpha value is -0.530. The lowest BCUT2D eigenvalue weighted by Gasteiger charge is -2.12. The Morgan fingerprint density at radius 1 is 1.33 bits per heavy atom. The summed E-state index contributed by atoms with van der Waals surface area (Å²) in [5.74, 6) is 0.664. The summed E-state index contributed by atoms with van der Waals surface area (Å²) >= 11 is 5.57. The molecule has 1 aromatic rings. The standard InChI is InChI=1S/C10H14ClN/c1-9(12-8-7-11)10-5-3-2-4-6-10/h2-6,9,12H,7-8H2,1H3/t9-/m0/s1. The average molecular weight is 184 g/mol. The highest BCUT2D eigenvalue weighted by atomic mass is 35.5. The first-order valence-electron chi connectivity index (χ1n) is 4.19. The van der Waals surface area contributed by atoms with Crippen molar-refractivity contribution in [1.29, 1.82) is 0 Å². The number of rotatable bonds is 4. The van der Waals surface area contributed by atoms with Crippen LogP contribution in [0.4, 0.5) is 0 Å². The molecule has 0 radical (unpaired) electrons. The zero-order valence-electron chi connectivity index (χ0n) is 7.26. The van der Waals surface area contributed by atoms with Crippen LogP contribution in [0.5, 0.6) is 0 Å². The number of hydrogen-bond acceptors (Lipinski definition) is 1. The van der Waals surface area contributed by atoms with E-state index in [0.717, 1.165) is 6.54 Å². The Morgan fingerprint density at radius 2 is 2.00 bits per heavy atom. The van der Waals surface area contributed by atoms with E-state index in [9.17, 15) is 0 Å². The normalized spacial score (nSPS) is 12.8. The van der Waals surface area contributed by atoms with Gasteiger partial charge in [0.15, 0.2) is 0 Å². The minimum absolute atomic E-state index is 0.393. The SMILES string of the molecule is C[C@H](NCCCl)c1ccccc1. The number of alkyl halides is 1. The van der Waals surface area contributed by atoms with Crippen molar-refractivity contribution in [3.05, 3.63) is 35.9 Å². The highest BCUT2D eigenvalue weighted by Gasteiger charge is 2.01. The van der Waals surface area contributed by atoms with Crippen LogP contribution in [0.15, 0.2) is 30.3 Å². The van der Waals surface area contributed by atoms with Gasteiger partial charge in [-0.25, -0.2) is 0 Å². The van der Waals surface area contributed by atoms with Crippen molar-refractivity contribution in [3.63, 3.8) is 0 Å². The summed E-state index contributed by atoms with van der Waals surface area (Å²) in [4.78, 5) is 0. The van der Waals surface area contributed by atoms with Gasteiger partial charge in [-0.3, -0.25) is 0 Å². The summed E-state index contributed by atoms with van der Waals surface area (Å²) in [6, 6.07) is 10.8. The van der Waals surface area contributed by atoms with Gasteiger partial charge in [-0.05, 0) is 12.5 Å². The van der Waals surface area contributed by atoms with Crippen LogP contribution in [-0.2, 0) is 0 Å². The van der Waals surface area contributed by atoms with Crippen molar-refractivity contribution in [1.82, 2.24) is 5.32 Å². The Kier molecular flexibility index (Phi) is 4.12. The molecule has 0 aliphatic heterocycles. The van der Waals surface area contributed by atoms with Gasteiger partial charge in [0.1, 0.15) is 0 Å². The van der Waals surface area contributed by atoms with E-state index < -0.39 is 0 Å². The van der Waals surface area contributed by atoms with Crippen molar-refractivity contribution in [3.8, 4) is 0 Å². The summed E-state index contributed by atoms with van der Waals surface area (Å²) < 4.78 is 0. The first kappa shape index (κ1) is 9.56. The lowest BCUT2D eigenvalue weighted by molar-refractivity contribution is 0.600. The third-order valence-electron chi connectivity index (χ3n) is 1.84. The largest absolute Gasteiger partial charge is 0.309 e. The Balaban J connectivity index is 2.48. The average Bonchev–Trinajstić information content (AvgIpc) is 2.15. The van der Waals surface area contributed by atoms with Crippen molar-refractivity contribution in [2.24, 2.45) is 0 Å². The van der Waals surface area contributed by atoms with Crippen molar-refractivity contribution in [2.45, 2.75) is 13.0 Å². The first-order valence-corrected chi connectivity index (χ1v) is 4.72. The van der Waals surface area contributed by atoms with Crippen LogP contribution in [0, 0.1) is 0 Å². The maximum atomic E-state index is 5.57. The molecule has 0 amide bonds. The molecular weight excluding hydrogens is 170 g/mol. The monoisotopic (exact) mass is 183 g/mol. The van der Waals surface area contributed by atoms with Crippen LogP contribution in [0.3, 0.4) is 0 Å². The second-order valence-electron chi connectivity index (χ2n) is 2.78. The van der Waals surface area contributed by atoms with Gasteiger partial charge in [0.2, 0.25) is 0 Å². The number of halogens is 1. The zero-order valence-corrected chi connectivity index (χ0v) is 8.01. The minimum atomic E-state index is 0.393. The second kappa shape index (κ2) is 5.18. The Morgan fingerprint density at radius 3 is 2.58 bits per heavy atom. The van der Waals surface area contributed by atoms with Crippen molar-refractivity contribution >= 4 is 11.6 Å². The van der Waals surface area contributed by atoms with Gasteiger partial charge in [0, 0.05) is 18.5 Å². The molecule has 66 valence electrons. The molecule has 0 fully saturated rings. The molecule has 2 heteroatoms. The maximum Gasteiger partial charge on any atom is 0.0348 e. The molecule has 1 N–H and O–H groups in total. The molecule has 0 heterocycles. The van der Waals surface area contributed by atoms with Crippen LogP contribution >= 0.6 is 11.6 Å². The van der Waals surface area contributed by atoms with Crippen LogP contribution in [0.25, 0.3) is 0 Å². The quantitative estimate of drug-likeness (QED) is 0.708. The fourth-order valence-electron chi connectivity index (χ4n) is 1.13. The Bertz CT molecular complexity index is 210. The van der Waals surface area contributed by atoms with E-state index >= 15 is 0 Å². The number of benzene rings is 1. The van der Waals surface area contributed by atoms with Gasteiger partial charge in [-0.2, -0.15) is 0 Å². The van der Waals surface area contributed by atoms with Gasteiger partial charge in [-0.1, -0.05) is 30.3 Å². The predicted molar refractivity (Wildman–Crippen MR) is 53.6 cm³/mol. The molecule has 0 aliphatic carbocycles. The van der Waals surface area contributed by atoms with E-state index in [1.807, 2.05) is 18.2 Å². The lowest BCUT2D eigenvalue weighted by Crippen LogP contribution is -2.20. The summed E-state index contributed by atoms with van der Waals surface area (Å²) in [6.45, 7) is 3.00. The van der Waals surface area contributed by atoms with E-state index in [2.05, 4.69) is 24.4 Å². The topological polar surface area (TPSA) is 12.0 Å². The molecule has 0 aliphatic rings. The van der Waals surface area contributed by atoms with Gasteiger partial charge in [-0.15, -0.1) is 11.6 Å². The zero-order chi connectivity index (χ0) is 8.81. The fourth-order valence-corrected chi connectivity index (χ4v) is 1.24. The molecule has 12 heavy (non-hydrogen) atoms. The molecule has 0 bridgehead atoms. The van der Waals surface area contributed by atoms with Crippen molar-refractivity contribution < 1.29 is 0 Å². The molecule has 1 nitrogen and oxygen atoms in total. The third-order valence-corrected chi connectivity index (χ3v) is 2.03. The molecule has 1 atom stereocenters. The third kappa shape index (κ3) is 2.84. The van der Waals surface area contributed by atoms with E-state index in [0.29, 0.717) is 11.9 Å². The summed E-state index contributed by atoms with van der Waals surface area (Å²) in [7, 11) is 0. The van der Waals surface area contributed by atoms with Gasteiger partial charge in [0.25, 0.3) is 0 Å². The molecule has 0 aromatic heterocycles. The van der Waals surface area contributed by atoms with Crippen LogP contribution in [0.1, 0.15) is 18.5 Å². The minimum Gasteiger partial charge on any atom is -0.309 e. The lowest BCUT2D eigenvalue weighted by atomic mass is 10.1. The van der Waals surface area contributed by atoms with Gasteiger partial charge >= 0.3 is 0 Å². The number of hydrogen-bond donors (Lipinski definition) is 1. The van der Waals surface area contributed by atoms with Gasteiger partial charge in [0.05, 0.1) is 0 Å². The van der Waals surface area contributed by atoms with E-state index in [-0.39, 0.29) is 0 Å². The first-order chi connectivity index (χ1) is 5.84. The van der Waals surface area contributed by atoms with Gasteiger partial charge < -0.3 is 5.32 Å². The number of nitrogens with one attached hydrogen (secondary N) is 1. The van der Waals surface area contributed by atoms with E-state index in [4.69, 9.17) is 11.6 Å². The highest BCUT2D eigenvalue weighted by molar-refractivity contribution is 6.18. The predicted octanol–water partition coefficient (Wildman–Crippen LogP) is 2.58. The second-order valence-corrected chi connectivity index (χ2v) is 3.15. The summed E-state index contributed by atoms with van der Waals surface area (Å²) in [6.07, 6.45) is 0. The molecule has 1 aromatic carbocycles. The van der Waals surface area contributed by atoms with Crippen molar-refractivity contribution in [2.75, 3.05) is 12.4 Å². The van der Waals surface area contributed by atoms with E-state index in [1.165, 1.54) is 5.56 Å². The highest BCUT2D eigenvalue weighted by Crippen LogP contribution is 2.10. The Labute approximate surface area is 78.7 Å². The fraction of sp³-hybridized carbons (Fsp3) is 0.400. The molecule has 0 saturated heterocycles. The van der Waals surface area contributed by atoms with Crippen LogP contribution < -0.4 is 5.32 Å². The smallest absolute Gasteiger partial charge is 0.0348 e. The summed E-state index contributed by atoms with van der Waals surface area (Å²) in [5, 5.41) is 3.32. The summed E-state index contributed by atoms with van der Waals surface area (Å²) in [5.41, 5.74) is 1.31. The molecule has 0 unspecified atom stereocenters. The molecule has 0 saturated carbocycles. The van der Waals surface area contributed by atoms with E-state index in [1.54, 1.807) is 0 Å². The molecule has 1 rings (SSSR count). The van der Waals surface area contributed by atoms with Crippen LogP contribution in [0.2, 0.25) is 0 Å². The maximum absolute atomic E-state index is 5.57. The van der Waals surface area contributed by atoms with Crippen LogP contribution in [-0.4, -0.2) is 12.4 Å². The molecule has 0 spiro atoms. The molecular formula is C10H14ClN.